The van der Waals surface area contributed by atoms with Crippen molar-refractivity contribution in [3.63, 3.8) is 0 Å². The van der Waals surface area contributed by atoms with Gasteiger partial charge in [-0.15, -0.1) is 10.2 Å². The quantitative estimate of drug-likeness (QED) is 0.480. The molecule has 4 aromatic rings. The van der Waals surface area contributed by atoms with E-state index in [2.05, 4.69) is 10.2 Å². The molecular formula is C20H18N4O5S. The van der Waals surface area contributed by atoms with Crippen molar-refractivity contribution in [2.75, 3.05) is 27.9 Å². The number of hydrogen-bond acceptors (Lipinski definition) is 9. The fourth-order valence-electron chi connectivity index (χ4n) is 3.29. The van der Waals surface area contributed by atoms with Gasteiger partial charge in [0.2, 0.25) is 10.7 Å². The summed E-state index contributed by atoms with van der Waals surface area (Å²) in [5, 5.41) is 14.0. The van der Waals surface area contributed by atoms with E-state index < -0.39 is 0 Å². The van der Waals surface area contributed by atoms with Gasteiger partial charge in [0.25, 0.3) is 0 Å². The first-order chi connectivity index (χ1) is 14.7. The lowest BCUT2D eigenvalue weighted by molar-refractivity contribution is 0.0904. The van der Waals surface area contributed by atoms with Gasteiger partial charge in [-0.05, 0) is 24.3 Å². The summed E-state index contributed by atoms with van der Waals surface area (Å²) in [6.07, 6.45) is -0.320. The minimum atomic E-state index is -0.320. The van der Waals surface area contributed by atoms with Gasteiger partial charge >= 0.3 is 0 Å². The van der Waals surface area contributed by atoms with Crippen LogP contribution in [0.25, 0.3) is 16.3 Å². The van der Waals surface area contributed by atoms with Gasteiger partial charge in [0, 0.05) is 5.56 Å². The summed E-state index contributed by atoms with van der Waals surface area (Å²) in [4.78, 5) is 0.649. The Kier molecular flexibility index (Phi) is 4.55. The van der Waals surface area contributed by atoms with E-state index in [0.717, 1.165) is 16.3 Å². The molecule has 0 spiro atoms. The van der Waals surface area contributed by atoms with Crippen LogP contribution in [0, 0.1) is 0 Å². The highest BCUT2D eigenvalue weighted by atomic mass is 32.1. The molecule has 1 atom stereocenters. The van der Waals surface area contributed by atoms with E-state index in [1.165, 1.54) is 11.3 Å². The van der Waals surface area contributed by atoms with Gasteiger partial charge in [-0.3, -0.25) is 0 Å². The van der Waals surface area contributed by atoms with Crippen LogP contribution in [-0.4, -0.2) is 47.7 Å². The highest BCUT2D eigenvalue weighted by Crippen LogP contribution is 2.41. The molecule has 9 nitrogen and oxygen atoms in total. The number of fused-ring (bicyclic) bond motifs is 2. The third-order valence-corrected chi connectivity index (χ3v) is 5.70. The molecule has 0 amide bonds. The van der Waals surface area contributed by atoms with Gasteiger partial charge in [0.05, 0.1) is 21.3 Å². The number of rotatable bonds is 5. The molecule has 0 aliphatic carbocycles. The van der Waals surface area contributed by atoms with E-state index in [0.29, 0.717) is 40.4 Å². The second-order valence-electron chi connectivity index (χ2n) is 6.44. The monoisotopic (exact) mass is 426 g/mol. The Balaban J connectivity index is 1.53. The van der Waals surface area contributed by atoms with Gasteiger partial charge in [0.1, 0.15) is 6.61 Å². The standard InChI is InChI=1S/C20H18N4O5S/c1-25-14-8-11(9-15(26-2)17(14)27-3)18-21-22-20-24(18)23-19(30-20)16-10-28-12-6-4-5-7-13(12)29-16/h4-9,16H,10H2,1-3H3/t16-/m1/s1. The second-order valence-corrected chi connectivity index (χ2v) is 7.42. The number of aromatic nitrogens is 4. The molecule has 10 heteroatoms. The van der Waals surface area contributed by atoms with E-state index >= 15 is 0 Å². The summed E-state index contributed by atoms with van der Waals surface area (Å²) >= 11 is 1.41. The van der Waals surface area contributed by atoms with Crippen LogP contribution in [0.5, 0.6) is 28.7 Å². The van der Waals surface area contributed by atoms with Crippen LogP contribution in [-0.2, 0) is 0 Å². The molecule has 0 saturated heterocycles. The van der Waals surface area contributed by atoms with Gasteiger partial charge < -0.3 is 23.7 Å². The summed E-state index contributed by atoms with van der Waals surface area (Å²) in [5.41, 5.74) is 0.736. The lowest BCUT2D eigenvalue weighted by atomic mass is 10.1. The summed E-state index contributed by atoms with van der Waals surface area (Å²) in [7, 11) is 4.70. The molecule has 0 bridgehead atoms. The number of hydrogen-bond donors (Lipinski definition) is 0. The lowest BCUT2D eigenvalue weighted by Gasteiger charge is -2.24. The zero-order valence-corrected chi connectivity index (χ0v) is 17.3. The van der Waals surface area contributed by atoms with E-state index in [9.17, 15) is 0 Å². The van der Waals surface area contributed by atoms with Gasteiger partial charge in [-0.2, -0.15) is 9.61 Å². The maximum absolute atomic E-state index is 6.07. The minimum Gasteiger partial charge on any atom is -0.493 e. The van der Waals surface area contributed by atoms with Crippen molar-refractivity contribution in [2.45, 2.75) is 6.10 Å². The molecule has 0 saturated carbocycles. The fraction of sp³-hybridized carbons (Fsp3) is 0.250. The van der Waals surface area contributed by atoms with E-state index in [-0.39, 0.29) is 6.10 Å². The highest BCUT2D eigenvalue weighted by molar-refractivity contribution is 7.16. The van der Waals surface area contributed by atoms with Crippen molar-refractivity contribution in [3.8, 4) is 40.1 Å². The van der Waals surface area contributed by atoms with Crippen LogP contribution in [0.3, 0.4) is 0 Å². The van der Waals surface area contributed by atoms with Crippen LogP contribution in [0.15, 0.2) is 36.4 Å². The summed E-state index contributed by atoms with van der Waals surface area (Å²) in [6, 6.07) is 11.2. The maximum Gasteiger partial charge on any atom is 0.235 e. The van der Waals surface area contributed by atoms with Crippen molar-refractivity contribution < 1.29 is 23.7 Å². The number of nitrogens with zero attached hydrogens (tertiary/aromatic N) is 4. The number of ether oxygens (including phenoxy) is 5. The topological polar surface area (TPSA) is 89.2 Å². The predicted molar refractivity (Wildman–Crippen MR) is 109 cm³/mol. The SMILES string of the molecule is COc1cc(-c2nnc3sc([C@H]4COc5ccccc5O4)nn23)cc(OC)c1OC. The molecule has 2 aromatic carbocycles. The minimum absolute atomic E-state index is 0.320. The van der Waals surface area contributed by atoms with Crippen LogP contribution >= 0.6 is 11.3 Å². The molecule has 1 aliphatic heterocycles. The Morgan fingerprint density at radius 3 is 2.43 bits per heavy atom. The largest absolute Gasteiger partial charge is 0.493 e. The molecule has 30 heavy (non-hydrogen) atoms. The van der Waals surface area contributed by atoms with Crippen molar-refractivity contribution >= 4 is 16.3 Å². The summed E-state index contributed by atoms with van der Waals surface area (Å²) < 4.78 is 29.9. The molecule has 3 heterocycles. The second kappa shape index (κ2) is 7.38. The molecule has 0 radical (unpaired) electrons. The van der Waals surface area contributed by atoms with Crippen LogP contribution in [0.4, 0.5) is 0 Å². The number of benzene rings is 2. The number of methoxy groups -OCH3 is 3. The van der Waals surface area contributed by atoms with Crippen molar-refractivity contribution in [1.29, 1.82) is 0 Å². The zero-order chi connectivity index (χ0) is 20.7. The third kappa shape index (κ3) is 2.96. The Morgan fingerprint density at radius 1 is 1.00 bits per heavy atom. The summed E-state index contributed by atoms with van der Waals surface area (Å²) in [5.74, 6) is 3.55. The third-order valence-electron chi connectivity index (χ3n) is 4.71. The molecule has 0 fully saturated rings. The van der Waals surface area contributed by atoms with Crippen molar-refractivity contribution in [3.05, 3.63) is 41.4 Å². The average Bonchev–Trinajstić information content (AvgIpc) is 3.38. The zero-order valence-electron chi connectivity index (χ0n) is 16.5. The lowest BCUT2D eigenvalue weighted by Crippen LogP contribution is -2.21. The Hall–Kier alpha value is -3.53. The van der Waals surface area contributed by atoms with E-state index in [4.69, 9.17) is 28.8 Å². The molecule has 2 aromatic heterocycles. The van der Waals surface area contributed by atoms with Crippen molar-refractivity contribution in [1.82, 2.24) is 19.8 Å². The summed E-state index contributed by atoms with van der Waals surface area (Å²) in [6.45, 7) is 0.376. The van der Waals surface area contributed by atoms with Crippen LogP contribution < -0.4 is 23.7 Å². The molecular weight excluding hydrogens is 408 g/mol. The first kappa shape index (κ1) is 18.5. The molecule has 5 rings (SSSR count). The molecule has 0 unspecified atom stereocenters. The smallest absolute Gasteiger partial charge is 0.235 e. The maximum atomic E-state index is 6.07. The van der Waals surface area contributed by atoms with E-state index in [1.807, 2.05) is 36.4 Å². The Bertz CT molecular complexity index is 1200. The Labute approximate surface area is 175 Å². The van der Waals surface area contributed by atoms with Crippen LogP contribution in [0.2, 0.25) is 0 Å². The normalized spacial score (nSPS) is 15.2. The van der Waals surface area contributed by atoms with E-state index in [1.54, 1.807) is 25.8 Å². The Morgan fingerprint density at radius 2 is 1.73 bits per heavy atom. The van der Waals surface area contributed by atoms with Gasteiger partial charge in [-0.1, -0.05) is 23.5 Å². The first-order valence-corrected chi connectivity index (χ1v) is 9.94. The highest BCUT2D eigenvalue weighted by Gasteiger charge is 2.27. The van der Waals surface area contributed by atoms with Gasteiger partial charge in [-0.25, -0.2) is 0 Å². The first-order valence-electron chi connectivity index (χ1n) is 9.12. The molecule has 1 aliphatic rings. The molecule has 154 valence electrons. The van der Waals surface area contributed by atoms with Gasteiger partial charge in [0.15, 0.2) is 39.9 Å². The van der Waals surface area contributed by atoms with Crippen molar-refractivity contribution in [2.24, 2.45) is 0 Å². The average molecular weight is 426 g/mol. The fourth-order valence-corrected chi connectivity index (χ4v) is 4.15. The predicted octanol–water partition coefficient (Wildman–Crippen LogP) is 3.39. The molecule has 0 N–H and O–H groups in total. The van der Waals surface area contributed by atoms with Crippen LogP contribution in [0.1, 0.15) is 11.1 Å². The number of para-hydroxylation sites is 2.